The van der Waals surface area contributed by atoms with Crippen LogP contribution in [-0.2, 0) is 13.6 Å². The normalized spacial score (nSPS) is 14.5. The Morgan fingerprint density at radius 1 is 0.618 bits per heavy atom. The second-order valence-corrected chi connectivity index (χ2v) is 11.4. The lowest BCUT2D eigenvalue weighted by Gasteiger charge is -2.32. The molecule has 0 aliphatic carbocycles. The molecule has 6 heteroatoms. The van der Waals surface area contributed by atoms with Crippen molar-refractivity contribution in [2.24, 2.45) is 0 Å². The van der Waals surface area contributed by atoms with Gasteiger partial charge in [-0.05, 0) is 32.1 Å². The van der Waals surface area contributed by atoms with Crippen molar-refractivity contribution in [2.75, 3.05) is 19.7 Å². The topological polar surface area (TPSA) is 59.0 Å². The summed E-state index contributed by atoms with van der Waals surface area (Å²) in [7, 11) is -4.05. The smallest absolute Gasteiger partial charge is 0.302 e. The maximum Gasteiger partial charge on any atom is 0.473 e. The first-order chi connectivity index (χ1) is 16.5. The Balaban J connectivity index is 4.83. The second-order valence-electron chi connectivity index (χ2n) is 9.99. The van der Waals surface area contributed by atoms with Crippen LogP contribution in [0.1, 0.15) is 156 Å². The van der Waals surface area contributed by atoms with Crippen LogP contribution in [0.4, 0.5) is 0 Å². The molecular weight excluding hydrogens is 445 g/mol. The van der Waals surface area contributed by atoms with Crippen molar-refractivity contribution in [3.05, 3.63) is 0 Å². The number of phosphoric ester groups is 1. The van der Waals surface area contributed by atoms with Gasteiger partial charge in [-0.25, -0.2) is 4.57 Å². The van der Waals surface area contributed by atoms with Crippen LogP contribution < -0.4 is 0 Å². The summed E-state index contributed by atoms with van der Waals surface area (Å²) in [5.41, 5.74) is 0. The van der Waals surface area contributed by atoms with Gasteiger partial charge in [-0.1, -0.05) is 124 Å². The molecule has 0 amide bonds. The molecule has 0 fully saturated rings. The van der Waals surface area contributed by atoms with Crippen LogP contribution in [0.2, 0.25) is 0 Å². The minimum Gasteiger partial charge on any atom is -0.302 e. The molecule has 206 valence electrons. The van der Waals surface area contributed by atoms with Crippen molar-refractivity contribution in [3.63, 3.8) is 0 Å². The quantitative estimate of drug-likeness (QED) is 0.0684. The standard InChI is InChI=1S/C28H60NO4P/c1-5-9-13-16-18-21-25-29(26-22-19-17-14-10-6-2)28(24-12-8-4)33-34(30,31)32-27-23-20-15-11-7-3/h28H,5-27H2,1-4H3,(H,30,31). The molecule has 0 radical (unpaired) electrons. The lowest BCUT2D eigenvalue weighted by Crippen LogP contribution is -2.38. The average molecular weight is 506 g/mol. The molecule has 0 aliphatic heterocycles. The van der Waals surface area contributed by atoms with Crippen molar-refractivity contribution in [1.29, 1.82) is 0 Å². The molecule has 5 nitrogen and oxygen atoms in total. The zero-order valence-electron chi connectivity index (χ0n) is 23.4. The van der Waals surface area contributed by atoms with E-state index in [1.807, 2.05) is 0 Å². The van der Waals surface area contributed by atoms with E-state index >= 15 is 0 Å². The van der Waals surface area contributed by atoms with Gasteiger partial charge in [0.2, 0.25) is 0 Å². The van der Waals surface area contributed by atoms with Crippen molar-refractivity contribution in [2.45, 2.75) is 162 Å². The molecule has 0 aromatic rings. The van der Waals surface area contributed by atoms with Gasteiger partial charge in [0.25, 0.3) is 0 Å². The van der Waals surface area contributed by atoms with E-state index in [-0.39, 0.29) is 6.23 Å². The third-order valence-electron chi connectivity index (χ3n) is 6.57. The fraction of sp³-hybridized carbons (Fsp3) is 1.00. The van der Waals surface area contributed by atoms with E-state index in [2.05, 4.69) is 32.6 Å². The van der Waals surface area contributed by atoms with Gasteiger partial charge in [0.05, 0.1) is 6.61 Å². The summed E-state index contributed by atoms with van der Waals surface area (Å²) in [6, 6.07) is 0. The first kappa shape index (κ1) is 34.1. The Hall–Kier alpha value is 0.0700. The van der Waals surface area contributed by atoms with Crippen molar-refractivity contribution in [1.82, 2.24) is 4.90 Å². The third kappa shape index (κ3) is 21.4. The van der Waals surface area contributed by atoms with Gasteiger partial charge in [0.15, 0.2) is 0 Å². The third-order valence-corrected chi connectivity index (χ3v) is 7.59. The Morgan fingerprint density at radius 3 is 1.50 bits per heavy atom. The van der Waals surface area contributed by atoms with E-state index < -0.39 is 7.82 Å². The largest absolute Gasteiger partial charge is 0.473 e. The van der Waals surface area contributed by atoms with Gasteiger partial charge >= 0.3 is 7.82 Å². The van der Waals surface area contributed by atoms with Crippen molar-refractivity contribution in [3.8, 4) is 0 Å². The molecule has 0 aromatic heterocycles. The van der Waals surface area contributed by atoms with Gasteiger partial charge < -0.3 is 4.89 Å². The predicted molar refractivity (Wildman–Crippen MR) is 147 cm³/mol. The molecule has 0 spiro atoms. The summed E-state index contributed by atoms with van der Waals surface area (Å²) in [5, 5.41) is 0. The lowest BCUT2D eigenvalue weighted by atomic mass is 10.1. The Labute approximate surface area is 213 Å². The molecular formula is C28H60NO4P. The molecule has 2 unspecified atom stereocenters. The Morgan fingerprint density at radius 2 is 1.03 bits per heavy atom. The average Bonchev–Trinajstić information content (AvgIpc) is 2.82. The van der Waals surface area contributed by atoms with E-state index in [0.29, 0.717) is 6.61 Å². The van der Waals surface area contributed by atoms with Crippen LogP contribution in [-0.4, -0.2) is 35.7 Å². The van der Waals surface area contributed by atoms with Crippen LogP contribution in [0.15, 0.2) is 0 Å². The minimum atomic E-state index is -4.05. The maximum atomic E-state index is 12.8. The summed E-state index contributed by atoms with van der Waals surface area (Å²) in [6.07, 6.45) is 22.9. The van der Waals surface area contributed by atoms with Crippen LogP contribution in [0, 0.1) is 0 Å². The molecule has 0 aromatic carbocycles. The van der Waals surface area contributed by atoms with E-state index in [1.54, 1.807) is 0 Å². The zero-order valence-corrected chi connectivity index (χ0v) is 24.3. The van der Waals surface area contributed by atoms with Gasteiger partial charge in [0.1, 0.15) is 6.23 Å². The number of nitrogens with zero attached hydrogens (tertiary/aromatic N) is 1. The number of rotatable bonds is 27. The highest BCUT2D eigenvalue weighted by Gasteiger charge is 2.29. The van der Waals surface area contributed by atoms with Gasteiger partial charge in [0, 0.05) is 13.1 Å². The van der Waals surface area contributed by atoms with Gasteiger partial charge in [-0.3, -0.25) is 13.9 Å². The molecule has 0 rings (SSSR count). The molecule has 1 N–H and O–H groups in total. The molecule has 0 heterocycles. The molecule has 0 aliphatic rings. The molecule has 34 heavy (non-hydrogen) atoms. The van der Waals surface area contributed by atoms with Gasteiger partial charge in [-0.15, -0.1) is 0 Å². The van der Waals surface area contributed by atoms with E-state index in [4.69, 9.17) is 9.05 Å². The SMILES string of the molecule is CCCCCCCCN(CCCCCCCC)C(CCCC)OP(=O)(O)OCCCCCCC. The number of phosphoric acid groups is 1. The molecule has 2 atom stereocenters. The van der Waals surface area contributed by atoms with Crippen molar-refractivity contribution >= 4 is 7.82 Å². The van der Waals surface area contributed by atoms with Crippen LogP contribution in [0.5, 0.6) is 0 Å². The highest BCUT2D eigenvalue weighted by atomic mass is 31.2. The first-order valence-corrected chi connectivity index (χ1v) is 16.4. The summed E-state index contributed by atoms with van der Waals surface area (Å²) in [4.78, 5) is 12.8. The number of unbranched alkanes of at least 4 members (excludes halogenated alkanes) is 15. The van der Waals surface area contributed by atoms with Crippen LogP contribution in [0.25, 0.3) is 0 Å². The minimum absolute atomic E-state index is 0.298. The Kier molecular flexibility index (Phi) is 24.8. The van der Waals surface area contributed by atoms with E-state index in [0.717, 1.165) is 64.5 Å². The van der Waals surface area contributed by atoms with E-state index in [1.165, 1.54) is 77.0 Å². The lowest BCUT2D eigenvalue weighted by molar-refractivity contribution is -0.0133. The van der Waals surface area contributed by atoms with E-state index in [9.17, 15) is 9.46 Å². The fourth-order valence-corrected chi connectivity index (χ4v) is 5.31. The summed E-state index contributed by atoms with van der Waals surface area (Å²) < 4.78 is 24.0. The number of hydrogen-bond acceptors (Lipinski definition) is 4. The monoisotopic (exact) mass is 505 g/mol. The summed E-state index contributed by atoms with van der Waals surface area (Å²) in [5.74, 6) is 0. The molecule has 0 saturated carbocycles. The Bertz CT molecular complexity index is 448. The second kappa shape index (κ2) is 24.8. The van der Waals surface area contributed by atoms with Crippen molar-refractivity contribution < 1.29 is 18.5 Å². The zero-order chi connectivity index (χ0) is 25.3. The molecule has 0 bridgehead atoms. The predicted octanol–water partition coefficient (Wildman–Crippen LogP) is 9.63. The van der Waals surface area contributed by atoms with Crippen LogP contribution in [0.3, 0.4) is 0 Å². The fourth-order valence-electron chi connectivity index (χ4n) is 4.34. The highest BCUT2D eigenvalue weighted by Crippen LogP contribution is 2.46. The molecule has 0 saturated heterocycles. The number of hydrogen-bond donors (Lipinski definition) is 1. The maximum absolute atomic E-state index is 12.8. The highest BCUT2D eigenvalue weighted by molar-refractivity contribution is 7.47. The first-order valence-electron chi connectivity index (χ1n) is 14.9. The van der Waals surface area contributed by atoms with Crippen LogP contribution >= 0.6 is 7.82 Å². The summed E-state index contributed by atoms with van der Waals surface area (Å²) >= 11 is 0. The summed E-state index contributed by atoms with van der Waals surface area (Å²) in [6.45, 7) is 11.0. The van der Waals surface area contributed by atoms with Gasteiger partial charge in [-0.2, -0.15) is 0 Å².